The van der Waals surface area contributed by atoms with Crippen LogP contribution in [0.2, 0.25) is 0 Å². The molecule has 4 nitrogen and oxygen atoms in total. The van der Waals surface area contributed by atoms with Gasteiger partial charge in [0.1, 0.15) is 0 Å². The molecule has 1 atom stereocenters. The van der Waals surface area contributed by atoms with E-state index >= 15 is 0 Å². The van der Waals surface area contributed by atoms with Crippen LogP contribution in [0, 0.1) is 23.2 Å². The third-order valence-corrected chi connectivity index (χ3v) is 6.45. The van der Waals surface area contributed by atoms with E-state index in [4.69, 9.17) is 17.0 Å². The monoisotopic (exact) mass is 352 g/mol. The van der Waals surface area contributed by atoms with Crippen LogP contribution in [0.4, 0.5) is 0 Å². The highest BCUT2D eigenvalue weighted by atomic mass is 32.1. The van der Waals surface area contributed by atoms with Crippen LogP contribution in [-0.4, -0.2) is 42.6 Å². The molecule has 3 N–H and O–H groups in total. The van der Waals surface area contributed by atoms with E-state index in [1.54, 1.807) is 6.08 Å². The second-order valence-electron chi connectivity index (χ2n) is 8.28. The van der Waals surface area contributed by atoms with Gasteiger partial charge in [0.05, 0.1) is 12.7 Å². The number of ether oxygens (including phenoxy) is 1. The molecule has 0 aliphatic heterocycles. The molecule has 0 amide bonds. The molecule has 0 aromatic heterocycles. The highest BCUT2D eigenvalue weighted by Gasteiger charge is 2.50. The summed E-state index contributed by atoms with van der Waals surface area (Å²) >= 11 is 5.10. The largest absolute Gasteiger partial charge is 0.389 e. The number of nitrogens with one attached hydrogen (secondary N) is 2. The molecule has 136 valence electrons. The van der Waals surface area contributed by atoms with E-state index in [1.807, 2.05) is 0 Å². The molecule has 0 saturated heterocycles. The molecule has 24 heavy (non-hydrogen) atoms. The maximum Gasteiger partial charge on any atom is 0.166 e. The maximum atomic E-state index is 9.99. The lowest BCUT2D eigenvalue weighted by molar-refractivity contribution is -0.0728. The van der Waals surface area contributed by atoms with E-state index in [0.29, 0.717) is 30.2 Å². The Morgan fingerprint density at radius 3 is 2.42 bits per heavy atom. The van der Waals surface area contributed by atoms with Gasteiger partial charge in [-0.05, 0) is 80.3 Å². The number of aliphatic hydroxyl groups is 1. The third kappa shape index (κ3) is 4.70. The van der Waals surface area contributed by atoms with E-state index in [2.05, 4.69) is 17.2 Å². The van der Waals surface area contributed by atoms with Gasteiger partial charge in [-0.15, -0.1) is 6.58 Å². The lowest BCUT2D eigenvalue weighted by Gasteiger charge is -2.57. The summed E-state index contributed by atoms with van der Waals surface area (Å²) in [5, 5.41) is 16.5. The molecule has 4 bridgehead atoms. The molecular formula is C19H32N2O2S. The summed E-state index contributed by atoms with van der Waals surface area (Å²) in [7, 11) is 0. The van der Waals surface area contributed by atoms with Gasteiger partial charge in [0.2, 0.25) is 0 Å². The molecule has 0 spiro atoms. The Balaban J connectivity index is 1.30. The lowest BCUT2D eigenvalue weighted by atomic mass is 9.49. The van der Waals surface area contributed by atoms with E-state index < -0.39 is 6.10 Å². The number of hydrogen-bond acceptors (Lipinski definition) is 3. The van der Waals surface area contributed by atoms with E-state index in [0.717, 1.165) is 24.4 Å². The van der Waals surface area contributed by atoms with Crippen LogP contribution in [0.3, 0.4) is 0 Å². The number of hydrogen-bond donors (Lipinski definition) is 3. The van der Waals surface area contributed by atoms with E-state index in [-0.39, 0.29) is 0 Å². The standard InChI is InChI=1S/C19H32N2O2S/c1-2-4-20-18(24)21-12-17(22)13-23-5-3-19-9-14-6-15(10-19)8-16(7-14)11-19/h2,14-17,22H,1,3-13H2,(H2,20,21,24). The maximum absolute atomic E-state index is 9.99. The minimum absolute atomic E-state index is 0.378. The van der Waals surface area contributed by atoms with Crippen LogP contribution in [0.5, 0.6) is 0 Å². The lowest BCUT2D eigenvalue weighted by Crippen LogP contribution is -2.46. The molecule has 0 aromatic carbocycles. The minimum atomic E-state index is -0.523. The van der Waals surface area contributed by atoms with Crippen molar-refractivity contribution in [3.05, 3.63) is 12.7 Å². The first-order valence-electron chi connectivity index (χ1n) is 9.47. The highest BCUT2D eigenvalue weighted by Crippen LogP contribution is 2.61. The smallest absolute Gasteiger partial charge is 0.166 e. The zero-order valence-electron chi connectivity index (χ0n) is 14.6. The first-order chi connectivity index (χ1) is 11.6. The van der Waals surface area contributed by atoms with Crippen molar-refractivity contribution < 1.29 is 9.84 Å². The van der Waals surface area contributed by atoms with Gasteiger partial charge in [0.15, 0.2) is 5.11 Å². The fraction of sp³-hybridized carbons (Fsp3) is 0.842. The molecule has 4 aliphatic rings. The Morgan fingerprint density at radius 2 is 1.83 bits per heavy atom. The van der Waals surface area contributed by atoms with Gasteiger partial charge in [-0.25, -0.2) is 0 Å². The van der Waals surface area contributed by atoms with Crippen molar-refractivity contribution in [3.8, 4) is 0 Å². The fourth-order valence-corrected chi connectivity index (χ4v) is 5.77. The third-order valence-electron chi connectivity index (χ3n) is 6.16. The van der Waals surface area contributed by atoms with Crippen molar-refractivity contribution >= 4 is 17.3 Å². The SMILES string of the molecule is C=CCNC(=S)NCC(O)COCCC12CC3CC(CC(C3)C1)C2. The molecule has 0 radical (unpaired) electrons. The predicted molar refractivity (Wildman–Crippen MR) is 101 cm³/mol. The summed E-state index contributed by atoms with van der Waals surface area (Å²) in [6, 6.07) is 0. The fourth-order valence-electron chi connectivity index (χ4n) is 5.60. The first-order valence-corrected chi connectivity index (χ1v) is 9.88. The van der Waals surface area contributed by atoms with Crippen molar-refractivity contribution in [2.45, 2.75) is 51.0 Å². The van der Waals surface area contributed by atoms with Crippen molar-refractivity contribution in [3.63, 3.8) is 0 Å². The summed E-state index contributed by atoms with van der Waals surface area (Å²) in [4.78, 5) is 0. The molecule has 5 heteroatoms. The molecular weight excluding hydrogens is 320 g/mol. The molecule has 4 saturated carbocycles. The summed E-state index contributed by atoms with van der Waals surface area (Å²) in [5.41, 5.74) is 0.564. The van der Waals surface area contributed by atoms with Crippen LogP contribution in [0.25, 0.3) is 0 Å². The van der Waals surface area contributed by atoms with E-state index in [1.165, 1.54) is 44.9 Å². The van der Waals surface area contributed by atoms with Gasteiger partial charge in [-0.2, -0.15) is 0 Å². The van der Waals surface area contributed by atoms with Crippen molar-refractivity contribution in [1.82, 2.24) is 10.6 Å². The molecule has 4 rings (SSSR count). The van der Waals surface area contributed by atoms with E-state index in [9.17, 15) is 5.11 Å². The summed E-state index contributed by atoms with van der Waals surface area (Å²) < 4.78 is 5.78. The van der Waals surface area contributed by atoms with Crippen LogP contribution in [0.15, 0.2) is 12.7 Å². The average molecular weight is 353 g/mol. The van der Waals surface area contributed by atoms with Gasteiger partial charge in [0, 0.05) is 19.7 Å². The Kier molecular flexibility index (Phi) is 6.17. The second kappa shape index (κ2) is 8.15. The second-order valence-corrected chi connectivity index (χ2v) is 8.68. The average Bonchev–Trinajstić information content (AvgIpc) is 2.53. The van der Waals surface area contributed by atoms with Gasteiger partial charge in [0.25, 0.3) is 0 Å². The topological polar surface area (TPSA) is 53.5 Å². The van der Waals surface area contributed by atoms with Crippen molar-refractivity contribution in [2.75, 3.05) is 26.3 Å². The van der Waals surface area contributed by atoms with Crippen molar-refractivity contribution in [1.29, 1.82) is 0 Å². The molecule has 4 fully saturated rings. The Labute approximate surface area is 151 Å². The number of thiocarbonyl (C=S) groups is 1. The number of rotatable bonds is 9. The quantitative estimate of drug-likeness (QED) is 0.338. The number of aliphatic hydroxyl groups excluding tert-OH is 1. The summed E-state index contributed by atoms with van der Waals surface area (Å²) in [5.74, 6) is 2.99. The summed E-state index contributed by atoms with van der Waals surface area (Å²) in [6.07, 6.45) is 11.2. The molecule has 1 unspecified atom stereocenters. The minimum Gasteiger partial charge on any atom is -0.389 e. The zero-order valence-corrected chi connectivity index (χ0v) is 15.5. The Hall–Kier alpha value is -0.650. The predicted octanol–water partition coefficient (Wildman–Crippen LogP) is 2.62. The van der Waals surface area contributed by atoms with Gasteiger partial charge < -0.3 is 20.5 Å². The van der Waals surface area contributed by atoms with Crippen molar-refractivity contribution in [2.24, 2.45) is 23.2 Å². The van der Waals surface area contributed by atoms with Gasteiger partial charge in [-0.1, -0.05) is 6.08 Å². The van der Waals surface area contributed by atoms with Gasteiger partial charge >= 0.3 is 0 Å². The summed E-state index contributed by atoms with van der Waals surface area (Å²) in [6.45, 7) is 5.83. The van der Waals surface area contributed by atoms with Crippen LogP contribution in [0.1, 0.15) is 44.9 Å². The zero-order chi connectivity index (χ0) is 17.0. The highest BCUT2D eigenvalue weighted by molar-refractivity contribution is 7.80. The Bertz CT molecular complexity index is 419. The van der Waals surface area contributed by atoms with Gasteiger partial charge in [-0.3, -0.25) is 0 Å². The van der Waals surface area contributed by atoms with Crippen LogP contribution < -0.4 is 10.6 Å². The van der Waals surface area contributed by atoms with Crippen LogP contribution >= 0.6 is 12.2 Å². The first kappa shape index (κ1) is 18.2. The van der Waals surface area contributed by atoms with Crippen LogP contribution in [-0.2, 0) is 4.74 Å². The molecule has 0 heterocycles. The Morgan fingerprint density at radius 1 is 1.21 bits per heavy atom. The normalized spacial score (nSPS) is 34.8. The molecule has 4 aliphatic carbocycles. The molecule has 0 aromatic rings.